The Morgan fingerprint density at radius 3 is 2.82 bits per heavy atom. The van der Waals surface area contributed by atoms with Crippen LogP contribution in [0.5, 0.6) is 0 Å². The van der Waals surface area contributed by atoms with Crippen molar-refractivity contribution in [2.75, 3.05) is 13.1 Å². The van der Waals surface area contributed by atoms with Crippen molar-refractivity contribution in [1.29, 1.82) is 0 Å². The van der Waals surface area contributed by atoms with E-state index in [0.717, 1.165) is 19.0 Å². The summed E-state index contributed by atoms with van der Waals surface area (Å²) in [7, 11) is 0. The average molecular weight is 296 g/mol. The minimum Gasteiger partial charge on any atom is -0.316 e. The Hall–Kier alpha value is -0.340. The van der Waals surface area contributed by atoms with E-state index < -0.39 is 0 Å². The first kappa shape index (κ1) is 13.1. The first-order valence-electron chi connectivity index (χ1n) is 6.66. The standard InChI is InChI=1S/C15H22BrN/c1-3-9-17-11-15(8-7-12(15)2)13-5-4-6-14(16)10-13/h4-6,10,12,17H,3,7-9,11H2,1-2H3. The zero-order valence-electron chi connectivity index (χ0n) is 10.8. The molecule has 0 radical (unpaired) electrons. The molecule has 0 bridgehead atoms. The minimum absolute atomic E-state index is 0.374. The molecular formula is C15H22BrN. The SMILES string of the molecule is CCCNCC1(c2cccc(Br)c2)CCC1C. The van der Waals surface area contributed by atoms with Gasteiger partial charge < -0.3 is 5.32 Å². The topological polar surface area (TPSA) is 12.0 Å². The second kappa shape index (κ2) is 5.53. The third-order valence-corrected chi connectivity index (χ3v) is 4.73. The van der Waals surface area contributed by atoms with Gasteiger partial charge in [-0.15, -0.1) is 0 Å². The summed E-state index contributed by atoms with van der Waals surface area (Å²) in [5.74, 6) is 0.793. The lowest BCUT2D eigenvalue weighted by Crippen LogP contribution is -2.50. The van der Waals surface area contributed by atoms with Crippen molar-refractivity contribution >= 4 is 15.9 Å². The number of nitrogens with one attached hydrogen (secondary N) is 1. The smallest absolute Gasteiger partial charge is 0.0178 e. The molecule has 17 heavy (non-hydrogen) atoms. The van der Waals surface area contributed by atoms with E-state index in [1.54, 1.807) is 0 Å². The molecule has 2 rings (SSSR count). The summed E-state index contributed by atoms with van der Waals surface area (Å²) in [6.07, 6.45) is 3.89. The molecule has 1 N–H and O–H groups in total. The molecule has 1 aliphatic carbocycles. The monoisotopic (exact) mass is 295 g/mol. The van der Waals surface area contributed by atoms with Crippen LogP contribution in [0.1, 0.15) is 38.7 Å². The molecule has 1 saturated carbocycles. The van der Waals surface area contributed by atoms with Crippen LogP contribution < -0.4 is 5.32 Å². The third kappa shape index (κ3) is 2.58. The summed E-state index contributed by atoms with van der Waals surface area (Å²) in [6, 6.07) is 8.85. The van der Waals surface area contributed by atoms with E-state index in [1.807, 2.05) is 0 Å². The molecule has 1 nitrogen and oxygen atoms in total. The fourth-order valence-electron chi connectivity index (χ4n) is 2.86. The zero-order valence-corrected chi connectivity index (χ0v) is 12.4. The van der Waals surface area contributed by atoms with Gasteiger partial charge in [0.2, 0.25) is 0 Å². The quantitative estimate of drug-likeness (QED) is 0.806. The van der Waals surface area contributed by atoms with Crippen LogP contribution in [-0.4, -0.2) is 13.1 Å². The van der Waals surface area contributed by atoms with Gasteiger partial charge in [0.15, 0.2) is 0 Å². The molecule has 1 aromatic rings. The zero-order chi connectivity index (χ0) is 12.3. The normalized spacial score (nSPS) is 27.8. The summed E-state index contributed by atoms with van der Waals surface area (Å²) in [6.45, 7) is 6.86. The van der Waals surface area contributed by atoms with Gasteiger partial charge >= 0.3 is 0 Å². The highest BCUT2D eigenvalue weighted by Crippen LogP contribution is 2.48. The number of rotatable bonds is 5. The molecule has 1 fully saturated rings. The van der Waals surface area contributed by atoms with Gasteiger partial charge in [-0.1, -0.05) is 41.9 Å². The summed E-state index contributed by atoms with van der Waals surface area (Å²) < 4.78 is 1.20. The number of halogens is 1. The molecule has 2 heteroatoms. The first-order chi connectivity index (χ1) is 8.19. The Balaban J connectivity index is 2.17. The molecule has 0 heterocycles. The summed E-state index contributed by atoms with van der Waals surface area (Å²) in [4.78, 5) is 0. The molecule has 1 aliphatic rings. The van der Waals surface area contributed by atoms with E-state index in [-0.39, 0.29) is 0 Å². The lowest BCUT2D eigenvalue weighted by Gasteiger charge is -2.49. The Kier molecular flexibility index (Phi) is 4.26. The van der Waals surface area contributed by atoms with Gasteiger partial charge in [0, 0.05) is 16.4 Å². The predicted octanol–water partition coefficient (Wildman–Crippen LogP) is 4.12. The molecule has 0 aromatic heterocycles. The number of hydrogen-bond acceptors (Lipinski definition) is 1. The van der Waals surface area contributed by atoms with Crippen LogP contribution in [0.4, 0.5) is 0 Å². The van der Waals surface area contributed by atoms with Crippen molar-refractivity contribution in [3.63, 3.8) is 0 Å². The van der Waals surface area contributed by atoms with Crippen LogP contribution in [-0.2, 0) is 5.41 Å². The molecule has 1 aromatic carbocycles. The van der Waals surface area contributed by atoms with Gasteiger partial charge in [-0.25, -0.2) is 0 Å². The third-order valence-electron chi connectivity index (χ3n) is 4.23. The fourth-order valence-corrected chi connectivity index (χ4v) is 3.26. The molecule has 0 amide bonds. The van der Waals surface area contributed by atoms with Gasteiger partial charge in [-0.2, -0.15) is 0 Å². The predicted molar refractivity (Wildman–Crippen MR) is 77.4 cm³/mol. The first-order valence-corrected chi connectivity index (χ1v) is 7.45. The van der Waals surface area contributed by atoms with Crippen molar-refractivity contribution in [2.24, 2.45) is 5.92 Å². The molecule has 94 valence electrons. The van der Waals surface area contributed by atoms with Gasteiger partial charge in [0.25, 0.3) is 0 Å². The Labute approximate surface area is 113 Å². The molecule has 2 unspecified atom stereocenters. The Morgan fingerprint density at radius 2 is 2.29 bits per heavy atom. The van der Waals surface area contributed by atoms with Crippen LogP contribution >= 0.6 is 15.9 Å². The van der Waals surface area contributed by atoms with Crippen molar-refractivity contribution in [2.45, 2.75) is 38.5 Å². The van der Waals surface area contributed by atoms with E-state index in [9.17, 15) is 0 Å². The van der Waals surface area contributed by atoms with Crippen LogP contribution in [0.25, 0.3) is 0 Å². The number of hydrogen-bond donors (Lipinski definition) is 1. The second-order valence-corrected chi connectivity index (χ2v) is 6.20. The summed E-state index contributed by atoms with van der Waals surface area (Å²) in [5.41, 5.74) is 1.87. The van der Waals surface area contributed by atoms with E-state index in [1.165, 1.54) is 29.3 Å². The second-order valence-electron chi connectivity index (χ2n) is 5.28. The summed E-state index contributed by atoms with van der Waals surface area (Å²) in [5, 5.41) is 3.61. The van der Waals surface area contributed by atoms with Crippen LogP contribution in [0.15, 0.2) is 28.7 Å². The number of benzene rings is 1. The maximum atomic E-state index is 3.61. The molecule has 0 spiro atoms. The highest BCUT2D eigenvalue weighted by atomic mass is 79.9. The van der Waals surface area contributed by atoms with Gasteiger partial charge in [0.05, 0.1) is 0 Å². The van der Waals surface area contributed by atoms with Crippen molar-refractivity contribution in [3.8, 4) is 0 Å². The lowest BCUT2D eigenvalue weighted by atomic mass is 9.57. The van der Waals surface area contributed by atoms with Crippen LogP contribution in [0, 0.1) is 5.92 Å². The average Bonchev–Trinajstić information content (AvgIpc) is 2.33. The maximum Gasteiger partial charge on any atom is 0.0178 e. The van der Waals surface area contributed by atoms with Gasteiger partial charge in [0.1, 0.15) is 0 Å². The van der Waals surface area contributed by atoms with Crippen molar-refractivity contribution in [1.82, 2.24) is 5.32 Å². The van der Waals surface area contributed by atoms with Crippen molar-refractivity contribution in [3.05, 3.63) is 34.3 Å². The highest BCUT2D eigenvalue weighted by Gasteiger charge is 2.44. The molecular weight excluding hydrogens is 274 g/mol. The Morgan fingerprint density at radius 1 is 1.47 bits per heavy atom. The maximum absolute atomic E-state index is 3.61. The van der Waals surface area contributed by atoms with Crippen LogP contribution in [0.2, 0.25) is 0 Å². The summed E-state index contributed by atoms with van der Waals surface area (Å²) >= 11 is 3.59. The van der Waals surface area contributed by atoms with E-state index in [0.29, 0.717) is 5.41 Å². The Bertz CT molecular complexity index is 377. The van der Waals surface area contributed by atoms with E-state index in [2.05, 4.69) is 59.4 Å². The molecule has 2 atom stereocenters. The fraction of sp³-hybridized carbons (Fsp3) is 0.600. The van der Waals surface area contributed by atoms with Gasteiger partial charge in [-0.05, 0) is 49.4 Å². The van der Waals surface area contributed by atoms with Gasteiger partial charge in [-0.3, -0.25) is 0 Å². The van der Waals surface area contributed by atoms with E-state index >= 15 is 0 Å². The van der Waals surface area contributed by atoms with E-state index in [4.69, 9.17) is 0 Å². The van der Waals surface area contributed by atoms with Crippen molar-refractivity contribution < 1.29 is 0 Å². The van der Waals surface area contributed by atoms with Crippen LogP contribution in [0.3, 0.4) is 0 Å². The lowest BCUT2D eigenvalue weighted by molar-refractivity contribution is 0.134. The highest BCUT2D eigenvalue weighted by molar-refractivity contribution is 9.10. The molecule has 0 aliphatic heterocycles. The molecule has 0 saturated heterocycles. The largest absolute Gasteiger partial charge is 0.316 e. The minimum atomic E-state index is 0.374.